The number of ether oxygens (including phenoxy) is 1. The van der Waals surface area contributed by atoms with E-state index in [2.05, 4.69) is 15.4 Å². The first-order valence-corrected chi connectivity index (χ1v) is 9.02. The van der Waals surface area contributed by atoms with Crippen LogP contribution in [0.2, 0.25) is 0 Å². The van der Waals surface area contributed by atoms with Crippen LogP contribution < -0.4 is 10.6 Å². The fraction of sp³-hybridized carbons (Fsp3) is 0.526. The average Bonchev–Trinajstić information content (AvgIpc) is 3.05. The number of unbranched alkanes of at least 4 members (excludes halogenated alkanes) is 1. The number of nitrogens with zero attached hydrogens (tertiary/aromatic N) is 1. The third-order valence-electron chi connectivity index (χ3n) is 4.34. The molecular weight excluding hydrogens is 334 g/mol. The number of esters is 1. The van der Waals surface area contributed by atoms with Crippen LogP contribution in [-0.4, -0.2) is 43.0 Å². The van der Waals surface area contributed by atoms with Crippen molar-refractivity contribution in [1.29, 1.82) is 0 Å². The second-order valence-electron chi connectivity index (χ2n) is 6.38. The van der Waals surface area contributed by atoms with Gasteiger partial charge in [-0.3, -0.25) is 9.59 Å². The van der Waals surface area contributed by atoms with Crippen LogP contribution in [0.15, 0.2) is 24.3 Å². The number of hydrogen-bond acceptors (Lipinski definition) is 4. The van der Waals surface area contributed by atoms with Crippen LogP contribution in [0, 0.1) is 0 Å². The highest BCUT2D eigenvalue weighted by atomic mass is 16.5. The van der Waals surface area contributed by atoms with Gasteiger partial charge in [-0.2, -0.15) is 0 Å². The summed E-state index contributed by atoms with van der Waals surface area (Å²) in [5, 5.41) is 5.57. The summed E-state index contributed by atoms with van der Waals surface area (Å²) in [6, 6.07) is 7.69. The van der Waals surface area contributed by atoms with E-state index in [9.17, 15) is 14.4 Å². The van der Waals surface area contributed by atoms with Crippen molar-refractivity contribution in [3.63, 3.8) is 0 Å². The summed E-state index contributed by atoms with van der Waals surface area (Å²) in [5.41, 5.74) is 2.10. The molecule has 26 heavy (non-hydrogen) atoms. The normalized spacial score (nSPS) is 13.6. The Kier molecular flexibility index (Phi) is 7.92. The Morgan fingerprint density at radius 2 is 1.85 bits per heavy atom. The number of carbonyl (C=O) groups is 3. The number of nitrogens with one attached hydrogen (secondary N) is 2. The molecule has 2 rings (SSSR count). The first-order chi connectivity index (χ1) is 12.6. The molecule has 0 aliphatic carbocycles. The molecule has 7 heteroatoms. The van der Waals surface area contributed by atoms with Gasteiger partial charge in [0.05, 0.1) is 7.11 Å². The molecule has 1 fully saturated rings. The second kappa shape index (κ2) is 10.4. The van der Waals surface area contributed by atoms with E-state index in [4.69, 9.17) is 0 Å². The summed E-state index contributed by atoms with van der Waals surface area (Å²) in [6.07, 6.45) is 3.38. The lowest BCUT2D eigenvalue weighted by Crippen LogP contribution is -2.35. The molecule has 0 unspecified atom stereocenters. The van der Waals surface area contributed by atoms with Gasteiger partial charge in [-0.15, -0.1) is 0 Å². The SMILES string of the molecule is COC(=O)CCCCNC(=O)NCc1ccc(CN2CCCC2=O)cc1. The highest BCUT2D eigenvalue weighted by molar-refractivity contribution is 5.78. The minimum absolute atomic E-state index is 0.221. The van der Waals surface area contributed by atoms with Gasteiger partial charge in [-0.25, -0.2) is 4.79 Å². The molecule has 1 heterocycles. The maximum atomic E-state index is 11.7. The van der Waals surface area contributed by atoms with E-state index in [1.54, 1.807) is 0 Å². The number of rotatable bonds is 9. The van der Waals surface area contributed by atoms with Crippen LogP contribution in [-0.2, 0) is 27.4 Å². The van der Waals surface area contributed by atoms with Crippen molar-refractivity contribution < 1.29 is 19.1 Å². The van der Waals surface area contributed by atoms with Crippen LogP contribution in [0.25, 0.3) is 0 Å². The lowest BCUT2D eigenvalue weighted by atomic mass is 10.1. The molecule has 1 saturated heterocycles. The van der Waals surface area contributed by atoms with Crippen molar-refractivity contribution in [3.8, 4) is 0 Å². The summed E-state index contributed by atoms with van der Waals surface area (Å²) in [7, 11) is 1.37. The Labute approximate surface area is 154 Å². The van der Waals surface area contributed by atoms with Crippen LogP contribution in [0.4, 0.5) is 4.79 Å². The smallest absolute Gasteiger partial charge is 0.315 e. The number of carbonyl (C=O) groups excluding carboxylic acids is 3. The molecule has 0 atom stereocenters. The molecule has 0 spiro atoms. The fourth-order valence-corrected chi connectivity index (χ4v) is 2.80. The monoisotopic (exact) mass is 361 g/mol. The Hall–Kier alpha value is -2.57. The van der Waals surface area contributed by atoms with Crippen LogP contribution in [0.1, 0.15) is 43.2 Å². The maximum Gasteiger partial charge on any atom is 0.315 e. The molecule has 3 amide bonds. The van der Waals surface area contributed by atoms with Crippen LogP contribution in [0.3, 0.4) is 0 Å². The zero-order valence-electron chi connectivity index (χ0n) is 15.3. The van der Waals surface area contributed by atoms with Crippen molar-refractivity contribution in [1.82, 2.24) is 15.5 Å². The van der Waals surface area contributed by atoms with E-state index < -0.39 is 0 Å². The van der Waals surface area contributed by atoms with Gasteiger partial charge in [0.1, 0.15) is 0 Å². The summed E-state index contributed by atoms with van der Waals surface area (Å²) in [6.45, 7) is 2.45. The number of hydrogen-bond donors (Lipinski definition) is 2. The Morgan fingerprint density at radius 1 is 1.12 bits per heavy atom. The van der Waals surface area contributed by atoms with E-state index in [0.29, 0.717) is 38.9 Å². The van der Waals surface area contributed by atoms with Crippen molar-refractivity contribution in [2.24, 2.45) is 0 Å². The number of benzene rings is 1. The first-order valence-electron chi connectivity index (χ1n) is 9.02. The van der Waals surface area contributed by atoms with Gasteiger partial charge in [-0.05, 0) is 30.4 Å². The summed E-state index contributed by atoms with van der Waals surface area (Å²) < 4.78 is 4.56. The van der Waals surface area contributed by atoms with Gasteiger partial charge < -0.3 is 20.3 Å². The lowest BCUT2D eigenvalue weighted by molar-refractivity contribution is -0.140. The van der Waals surface area contributed by atoms with E-state index >= 15 is 0 Å². The summed E-state index contributed by atoms with van der Waals surface area (Å²) in [5.74, 6) is -0.00834. The molecule has 1 aliphatic heterocycles. The highest BCUT2D eigenvalue weighted by Crippen LogP contribution is 2.14. The Morgan fingerprint density at radius 3 is 2.50 bits per heavy atom. The van der Waals surface area contributed by atoms with Crippen molar-refractivity contribution >= 4 is 17.9 Å². The molecule has 0 radical (unpaired) electrons. The number of methoxy groups -OCH3 is 1. The average molecular weight is 361 g/mol. The standard InChI is InChI=1S/C19H27N3O4/c1-26-18(24)6-2-3-11-20-19(25)21-13-15-7-9-16(10-8-15)14-22-12-4-5-17(22)23/h7-10H,2-6,11-14H2,1H3,(H2,20,21,25). The highest BCUT2D eigenvalue weighted by Gasteiger charge is 2.19. The van der Waals surface area contributed by atoms with E-state index in [1.165, 1.54) is 7.11 Å². The number of urea groups is 1. The topological polar surface area (TPSA) is 87.7 Å². The summed E-state index contributed by atoms with van der Waals surface area (Å²) in [4.78, 5) is 36.2. The minimum Gasteiger partial charge on any atom is -0.469 e. The van der Waals surface area contributed by atoms with Gasteiger partial charge in [0, 0.05) is 39.0 Å². The van der Waals surface area contributed by atoms with E-state index in [0.717, 1.165) is 30.5 Å². The predicted octanol–water partition coefficient (Wildman–Crippen LogP) is 1.95. The third-order valence-corrected chi connectivity index (χ3v) is 4.34. The molecule has 0 saturated carbocycles. The maximum absolute atomic E-state index is 11.7. The van der Waals surface area contributed by atoms with E-state index in [-0.39, 0.29) is 17.9 Å². The molecule has 2 N–H and O–H groups in total. The van der Waals surface area contributed by atoms with E-state index in [1.807, 2.05) is 29.2 Å². The Balaban J connectivity index is 1.62. The molecule has 142 valence electrons. The van der Waals surface area contributed by atoms with Crippen LogP contribution in [0.5, 0.6) is 0 Å². The first kappa shape index (κ1) is 19.8. The van der Waals surface area contributed by atoms with Crippen molar-refractivity contribution in [2.45, 2.75) is 45.2 Å². The van der Waals surface area contributed by atoms with Crippen LogP contribution >= 0.6 is 0 Å². The van der Waals surface area contributed by atoms with Crippen molar-refractivity contribution in [2.75, 3.05) is 20.2 Å². The third kappa shape index (κ3) is 6.74. The Bertz CT molecular complexity index is 616. The molecule has 1 aromatic rings. The molecule has 1 aromatic carbocycles. The fourth-order valence-electron chi connectivity index (χ4n) is 2.80. The van der Waals surface area contributed by atoms with Gasteiger partial charge in [0.25, 0.3) is 0 Å². The predicted molar refractivity (Wildman–Crippen MR) is 97.2 cm³/mol. The van der Waals surface area contributed by atoms with Gasteiger partial charge in [0.15, 0.2) is 0 Å². The quantitative estimate of drug-likeness (QED) is 0.520. The second-order valence-corrected chi connectivity index (χ2v) is 6.38. The largest absolute Gasteiger partial charge is 0.469 e. The van der Waals surface area contributed by atoms with Gasteiger partial charge in [0.2, 0.25) is 5.91 Å². The van der Waals surface area contributed by atoms with Crippen molar-refractivity contribution in [3.05, 3.63) is 35.4 Å². The molecule has 7 nitrogen and oxygen atoms in total. The lowest BCUT2D eigenvalue weighted by Gasteiger charge is -2.15. The molecule has 0 aromatic heterocycles. The van der Waals surface area contributed by atoms with Gasteiger partial charge >= 0.3 is 12.0 Å². The molecule has 0 bridgehead atoms. The molecular formula is C19H27N3O4. The zero-order chi connectivity index (χ0) is 18.8. The number of likely N-dealkylation sites (tertiary alicyclic amines) is 1. The minimum atomic E-state index is -0.230. The summed E-state index contributed by atoms with van der Waals surface area (Å²) >= 11 is 0. The molecule has 1 aliphatic rings. The van der Waals surface area contributed by atoms with Gasteiger partial charge in [-0.1, -0.05) is 24.3 Å². The zero-order valence-corrected chi connectivity index (χ0v) is 15.3. The number of amides is 3.